The normalized spacial score (nSPS) is 28.6. The third kappa shape index (κ3) is 3.41. The summed E-state index contributed by atoms with van der Waals surface area (Å²) < 4.78 is 0. The first-order valence-electron chi connectivity index (χ1n) is 5.51. The highest BCUT2D eigenvalue weighted by molar-refractivity contribution is 5.75. The lowest BCUT2D eigenvalue weighted by atomic mass is 10.0. The van der Waals surface area contributed by atoms with Crippen molar-refractivity contribution in [2.75, 3.05) is 13.1 Å². The van der Waals surface area contributed by atoms with Crippen molar-refractivity contribution < 1.29 is 4.79 Å². The Balaban J connectivity index is 2.39. The van der Waals surface area contributed by atoms with E-state index < -0.39 is 0 Å². The molecular formula is C12H22NO. The summed E-state index contributed by atoms with van der Waals surface area (Å²) >= 11 is 0. The van der Waals surface area contributed by atoms with Gasteiger partial charge in [0.2, 0.25) is 0 Å². The van der Waals surface area contributed by atoms with E-state index in [0.717, 1.165) is 19.5 Å². The minimum Gasteiger partial charge on any atom is -0.300 e. The van der Waals surface area contributed by atoms with Crippen LogP contribution in [0.4, 0.5) is 0 Å². The smallest absolute Gasteiger partial charge is 0.130 e. The van der Waals surface area contributed by atoms with Crippen molar-refractivity contribution >= 4 is 5.78 Å². The summed E-state index contributed by atoms with van der Waals surface area (Å²) in [6, 6.07) is 0.647. The summed E-state index contributed by atoms with van der Waals surface area (Å²) in [6.45, 7) is 10.5. The van der Waals surface area contributed by atoms with Crippen LogP contribution in [-0.2, 0) is 4.79 Å². The van der Waals surface area contributed by atoms with Crippen molar-refractivity contribution in [3.63, 3.8) is 0 Å². The number of hydrogen-bond donors (Lipinski definition) is 0. The van der Waals surface area contributed by atoms with Gasteiger partial charge in [0.25, 0.3) is 0 Å². The Morgan fingerprint density at radius 1 is 1.36 bits per heavy atom. The fourth-order valence-electron chi connectivity index (χ4n) is 2.40. The summed E-state index contributed by atoms with van der Waals surface area (Å²) in [4.78, 5) is 13.5. The molecule has 1 fully saturated rings. The molecule has 1 saturated heterocycles. The molecule has 1 aliphatic rings. The molecule has 1 heterocycles. The van der Waals surface area contributed by atoms with E-state index >= 15 is 0 Å². The van der Waals surface area contributed by atoms with Crippen LogP contribution in [0.15, 0.2) is 0 Å². The first-order valence-corrected chi connectivity index (χ1v) is 5.51. The van der Waals surface area contributed by atoms with Crippen LogP contribution in [0.3, 0.4) is 0 Å². The second-order valence-electron chi connectivity index (χ2n) is 4.99. The molecule has 0 bridgehead atoms. The molecule has 0 amide bonds. The number of rotatable bonds is 4. The lowest BCUT2D eigenvalue weighted by molar-refractivity contribution is -0.117. The molecule has 1 aliphatic heterocycles. The summed E-state index contributed by atoms with van der Waals surface area (Å²) in [5.74, 6) is 2.39. The number of likely N-dealkylation sites (tertiary alicyclic amines) is 1. The maximum absolute atomic E-state index is 11.0. The van der Waals surface area contributed by atoms with E-state index in [2.05, 4.69) is 25.7 Å². The molecular weight excluding hydrogens is 174 g/mol. The number of ketones is 1. The molecule has 0 aromatic rings. The van der Waals surface area contributed by atoms with Gasteiger partial charge in [0, 0.05) is 25.6 Å². The van der Waals surface area contributed by atoms with Crippen LogP contribution < -0.4 is 0 Å². The summed E-state index contributed by atoms with van der Waals surface area (Å²) in [7, 11) is 0. The molecule has 2 nitrogen and oxygen atoms in total. The molecule has 0 saturated carbocycles. The van der Waals surface area contributed by atoms with Crippen LogP contribution in [0, 0.1) is 11.8 Å². The maximum atomic E-state index is 11.0. The van der Waals surface area contributed by atoms with E-state index in [0.29, 0.717) is 17.7 Å². The molecule has 0 aliphatic carbocycles. The third-order valence-electron chi connectivity index (χ3n) is 2.89. The van der Waals surface area contributed by atoms with Crippen molar-refractivity contribution in [3.8, 4) is 0 Å². The van der Waals surface area contributed by atoms with Crippen molar-refractivity contribution in [2.45, 2.75) is 46.6 Å². The fourth-order valence-corrected chi connectivity index (χ4v) is 2.40. The second kappa shape index (κ2) is 4.92. The van der Waals surface area contributed by atoms with Gasteiger partial charge in [-0.1, -0.05) is 13.8 Å². The van der Waals surface area contributed by atoms with Gasteiger partial charge in [-0.05, 0) is 32.1 Å². The lowest BCUT2D eigenvalue weighted by Gasteiger charge is -2.22. The van der Waals surface area contributed by atoms with Crippen LogP contribution >= 0.6 is 0 Å². The summed E-state index contributed by atoms with van der Waals surface area (Å²) in [5.41, 5.74) is 0. The molecule has 81 valence electrons. The van der Waals surface area contributed by atoms with E-state index in [9.17, 15) is 4.79 Å². The van der Waals surface area contributed by atoms with Gasteiger partial charge < -0.3 is 4.79 Å². The Kier molecular flexibility index (Phi) is 4.11. The zero-order valence-electron chi connectivity index (χ0n) is 9.84. The predicted octanol–water partition coefficient (Wildman–Crippen LogP) is 2.29. The van der Waals surface area contributed by atoms with Gasteiger partial charge in [-0.3, -0.25) is 4.90 Å². The zero-order chi connectivity index (χ0) is 10.7. The van der Waals surface area contributed by atoms with E-state index in [1.165, 1.54) is 12.3 Å². The monoisotopic (exact) mass is 196 g/mol. The summed E-state index contributed by atoms with van der Waals surface area (Å²) in [5, 5.41) is 0. The van der Waals surface area contributed by atoms with E-state index in [1.54, 1.807) is 6.92 Å². The van der Waals surface area contributed by atoms with Gasteiger partial charge in [-0.25, -0.2) is 0 Å². The van der Waals surface area contributed by atoms with Gasteiger partial charge >= 0.3 is 0 Å². The Hall–Kier alpha value is -0.370. The van der Waals surface area contributed by atoms with Gasteiger partial charge in [0.1, 0.15) is 5.78 Å². The molecule has 0 aromatic carbocycles. The first-order chi connectivity index (χ1) is 6.49. The topological polar surface area (TPSA) is 20.3 Å². The number of carbonyl (C=O) groups is 1. The van der Waals surface area contributed by atoms with Crippen LogP contribution in [0.2, 0.25) is 0 Å². The number of nitrogens with zero attached hydrogens (tertiary/aromatic N) is 1. The molecule has 0 aromatic heterocycles. The fraction of sp³-hybridized carbons (Fsp3) is 0.833. The quantitative estimate of drug-likeness (QED) is 0.687. The number of hydrogen-bond acceptors (Lipinski definition) is 2. The Labute approximate surface area is 87.7 Å². The highest BCUT2D eigenvalue weighted by atomic mass is 16.1. The minimum absolute atomic E-state index is 0.334. The Morgan fingerprint density at radius 3 is 2.50 bits per heavy atom. The van der Waals surface area contributed by atoms with Crippen LogP contribution in [0.5, 0.6) is 0 Å². The second-order valence-corrected chi connectivity index (χ2v) is 4.99. The lowest BCUT2D eigenvalue weighted by Crippen LogP contribution is -2.30. The van der Waals surface area contributed by atoms with Crippen molar-refractivity contribution in [2.24, 2.45) is 5.92 Å². The van der Waals surface area contributed by atoms with Crippen LogP contribution in [0.25, 0.3) is 0 Å². The van der Waals surface area contributed by atoms with Crippen molar-refractivity contribution in [3.05, 3.63) is 5.92 Å². The standard InChI is InChI=1S/C12H22NO/c1-9(2)7-13-8-12(5-10(13)3)6-11(4)14/h10,12H,5-8H2,1-4H3. The average molecular weight is 196 g/mol. The predicted molar refractivity (Wildman–Crippen MR) is 59.0 cm³/mol. The van der Waals surface area contributed by atoms with E-state index in [1.807, 2.05) is 0 Å². The molecule has 2 heteroatoms. The SMILES string of the molecule is C[C](C)CN1CC(CC(C)=O)CC1C. The highest BCUT2D eigenvalue weighted by Crippen LogP contribution is 2.26. The van der Waals surface area contributed by atoms with Gasteiger partial charge in [-0.15, -0.1) is 0 Å². The number of Topliss-reactive ketones (excluding diaryl/α,β-unsaturated/α-hetero) is 1. The van der Waals surface area contributed by atoms with Gasteiger partial charge in [-0.2, -0.15) is 0 Å². The molecule has 1 radical (unpaired) electrons. The van der Waals surface area contributed by atoms with Crippen molar-refractivity contribution in [1.82, 2.24) is 4.90 Å². The van der Waals surface area contributed by atoms with E-state index in [-0.39, 0.29) is 0 Å². The first kappa shape index (κ1) is 11.7. The highest BCUT2D eigenvalue weighted by Gasteiger charge is 2.29. The van der Waals surface area contributed by atoms with Gasteiger partial charge in [0.15, 0.2) is 0 Å². The molecule has 0 spiro atoms. The molecule has 0 N–H and O–H groups in total. The summed E-state index contributed by atoms with van der Waals surface area (Å²) in [6.07, 6.45) is 1.95. The zero-order valence-corrected chi connectivity index (χ0v) is 9.84. The third-order valence-corrected chi connectivity index (χ3v) is 2.89. The maximum Gasteiger partial charge on any atom is 0.130 e. The largest absolute Gasteiger partial charge is 0.300 e. The Morgan fingerprint density at radius 2 is 2.00 bits per heavy atom. The Bertz CT molecular complexity index is 200. The molecule has 2 atom stereocenters. The van der Waals surface area contributed by atoms with Gasteiger partial charge in [0.05, 0.1) is 0 Å². The van der Waals surface area contributed by atoms with E-state index in [4.69, 9.17) is 0 Å². The number of carbonyl (C=O) groups excluding carboxylic acids is 1. The molecule has 2 unspecified atom stereocenters. The van der Waals surface area contributed by atoms with Crippen LogP contribution in [-0.4, -0.2) is 29.8 Å². The molecule has 14 heavy (non-hydrogen) atoms. The van der Waals surface area contributed by atoms with Crippen LogP contribution in [0.1, 0.15) is 40.5 Å². The van der Waals surface area contributed by atoms with Crippen molar-refractivity contribution in [1.29, 1.82) is 0 Å². The molecule has 1 rings (SSSR count). The minimum atomic E-state index is 0.334. The average Bonchev–Trinajstić information content (AvgIpc) is 2.28.